The number of nitrogens with zero attached hydrogens (tertiary/aromatic N) is 2. The van der Waals surface area contributed by atoms with Crippen LogP contribution in [0.25, 0.3) is 8.25 Å². The number of sulfonamides is 4. The largest absolute Gasteiger partial charge is 2.00 e. The molecule has 10 nitrogen and oxygen atoms in total. The van der Waals surface area contributed by atoms with Crippen LogP contribution in [0.5, 0.6) is 0 Å². The number of halogens is 12. The van der Waals surface area contributed by atoms with Crippen LogP contribution in [-0.2, 0) is 57.2 Å². The molecule has 27 heteroatoms. The van der Waals surface area contributed by atoms with Crippen LogP contribution >= 0.6 is 0 Å². The number of alkyl halides is 12. The van der Waals surface area contributed by atoms with Gasteiger partial charge in [0.25, 0.3) is 0 Å². The molecule has 0 aromatic carbocycles. The molecule has 0 aromatic rings. The number of hydrogen-bond donors (Lipinski definition) is 0. The maximum absolute atomic E-state index is 11.4. The van der Waals surface area contributed by atoms with Gasteiger partial charge in [0.15, 0.2) is 40.1 Å². The first kappa shape index (κ1) is 35.0. The summed E-state index contributed by atoms with van der Waals surface area (Å²) in [6.45, 7) is 0. The summed E-state index contributed by atoms with van der Waals surface area (Å²) in [5, 5.41) is 0. The molecule has 31 heavy (non-hydrogen) atoms. The van der Waals surface area contributed by atoms with Gasteiger partial charge in [0, 0.05) is 0 Å². The second-order valence-electron chi connectivity index (χ2n) is 3.83. The molecule has 0 bridgehead atoms. The van der Waals surface area contributed by atoms with Crippen LogP contribution in [0.2, 0.25) is 0 Å². The molecule has 0 fully saturated rings. The van der Waals surface area contributed by atoms with E-state index in [2.05, 4.69) is 0 Å². The van der Waals surface area contributed by atoms with E-state index in [1.807, 2.05) is 0 Å². The van der Waals surface area contributed by atoms with Gasteiger partial charge in [-0.1, -0.05) is 0 Å². The Bertz CT molecular complexity index is 862. The quantitative estimate of drug-likeness (QED) is 0.339. The summed E-state index contributed by atoms with van der Waals surface area (Å²) < 4.78 is 218. The molecule has 0 atom stereocenters. The predicted octanol–water partition coefficient (Wildman–Crippen LogP) is 2.12. The molecular weight excluding hydrogens is 624 g/mol. The van der Waals surface area contributed by atoms with Crippen molar-refractivity contribution in [3.8, 4) is 0 Å². The molecule has 0 spiro atoms. The molecule has 0 saturated heterocycles. The molecule has 0 amide bonds. The van der Waals surface area contributed by atoms with Gasteiger partial charge in [-0.2, -0.15) is 52.7 Å². The molecule has 0 unspecified atom stereocenters. The zero-order valence-corrected chi connectivity index (χ0v) is 16.8. The summed E-state index contributed by atoms with van der Waals surface area (Å²) in [5.41, 5.74) is -24.8. The molecule has 0 rings (SSSR count). The van der Waals surface area contributed by atoms with Gasteiger partial charge in [0.05, 0.1) is 0 Å². The molecule has 1 radical (unpaired) electrons. The van der Waals surface area contributed by atoms with Gasteiger partial charge < -0.3 is 8.25 Å². The van der Waals surface area contributed by atoms with Crippen molar-refractivity contribution in [2.24, 2.45) is 0 Å². The van der Waals surface area contributed by atoms with Crippen LogP contribution in [0.4, 0.5) is 52.7 Å². The van der Waals surface area contributed by atoms with Gasteiger partial charge in [-0.05, 0) is 0 Å². The van der Waals surface area contributed by atoms with E-state index in [0.29, 0.717) is 0 Å². The Balaban J connectivity index is -0.000000490. The molecule has 193 valence electrons. The van der Waals surface area contributed by atoms with Crippen LogP contribution in [0.3, 0.4) is 0 Å². The van der Waals surface area contributed by atoms with E-state index in [-0.39, 0.29) is 17.1 Å². The first-order chi connectivity index (χ1) is 12.4. The van der Waals surface area contributed by atoms with Crippen molar-refractivity contribution in [1.29, 1.82) is 0 Å². The van der Waals surface area contributed by atoms with Crippen molar-refractivity contribution < 1.29 is 103 Å². The van der Waals surface area contributed by atoms with Crippen molar-refractivity contribution in [1.82, 2.24) is 0 Å². The van der Waals surface area contributed by atoms with Crippen LogP contribution < -0.4 is 0 Å². The summed E-state index contributed by atoms with van der Waals surface area (Å²) in [6, 6.07) is 0. The zero-order valence-electron chi connectivity index (χ0n) is 12.6. The normalized spacial score (nSPS) is 14.8. The molecule has 0 heterocycles. The van der Waals surface area contributed by atoms with Crippen molar-refractivity contribution in [2.45, 2.75) is 22.0 Å². The van der Waals surface area contributed by atoms with Crippen LogP contribution in [-0.4, -0.2) is 55.7 Å². The third kappa shape index (κ3) is 9.82. The van der Waals surface area contributed by atoms with Crippen molar-refractivity contribution >= 4 is 40.1 Å². The van der Waals surface area contributed by atoms with Crippen LogP contribution in [0.1, 0.15) is 0 Å². The van der Waals surface area contributed by atoms with Crippen molar-refractivity contribution in [3.05, 3.63) is 8.25 Å². The maximum atomic E-state index is 11.4. The standard InChI is InChI=1S/2C2F6NO4S2.Cu/c2*3-1(4,5)14(10,11)9-15(12,13)2(6,7)8;/q2*-1;+2. The van der Waals surface area contributed by atoms with Crippen molar-refractivity contribution in [2.75, 3.05) is 0 Å². The maximum Gasteiger partial charge on any atom is 2.00 e. The van der Waals surface area contributed by atoms with Gasteiger partial charge in [-0.3, -0.25) is 0 Å². The molecule has 0 aliphatic heterocycles. The van der Waals surface area contributed by atoms with Crippen LogP contribution in [0.15, 0.2) is 0 Å². The second-order valence-corrected chi connectivity index (χ2v) is 10.7. The number of rotatable bonds is 4. The Hall–Kier alpha value is -0.601. The Morgan fingerprint density at radius 1 is 0.355 bits per heavy atom. The van der Waals surface area contributed by atoms with Gasteiger partial charge >= 0.3 is 39.1 Å². The average Bonchev–Trinajstić information content (AvgIpc) is 2.30. The topological polar surface area (TPSA) is 165 Å². The molecule has 0 aliphatic rings. The van der Waals surface area contributed by atoms with E-state index in [9.17, 15) is 86.4 Å². The predicted molar refractivity (Wildman–Crippen MR) is 66.6 cm³/mol. The minimum Gasteiger partial charge on any atom is -0.421 e. The summed E-state index contributed by atoms with van der Waals surface area (Å²) in [5.74, 6) is 0. The van der Waals surface area contributed by atoms with E-state index in [1.54, 1.807) is 0 Å². The molecule has 0 aliphatic carbocycles. The van der Waals surface area contributed by atoms with Crippen molar-refractivity contribution in [3.63, 3.8) is 0 Å². The Morgan fingerprint density at radius 3 is 0.516 bits per heavy atom. The number of hydrogen-bond acceptors (Lipinski definition) is 8. The van der Waals surface area contributed by atoms with E-state index < -0.39 is 62.1 Å². The average molecular weight is 624 g/mol. The Kier molecular flexibility index (Phi) is 11.0. The monoisotopic (exact) mass is 623 g/mol. The molecule has 0 aromatic heterocycles. The van der Waals surface area contributed by atoms with E-state index >= 15 is 0 Å². The van der Waals surface area contributed by atoms with Gasteiger partial charge in [-0.15, -0.1) is 0 Å². The third-order valence-corrected chi connectivity index (χ3v) is 7.04. The fraction of sp³-hybridized carbons (Fsp3) is 1.00. The van der Waals surface area contributed by atoms with Gasteiger partial charge in [0.1, 0.15) is 0 Å². The zero-order chi connectivity index (χ0) is 25.4. The van der Waals surface area contributed by atoms with E-state index in [0.717, 1.165) is 8.25 Å². The summed E-state index contributed by atoms with van der Waals surface area (Å²) in [4.78, 5) is 0. The van der Waals surface area contributed by atoms with Gasteiger partial charge in [0.2, 0.25) is 0 Å². The Morgan fingerprint density at radius 2 is 0.452 bits per heavy atom. The first-order valence-corrected chi connectivity index (χ1v) is 10.9. The molecule has 0 N–H and O–H groups in total. The first-order valence-electron chi connectivity index (χ1n) is 5.15. The summed E-state index contributed by atoms with van der Waals surface area (Å²) in [7, 11) is -26.9. The summed E-state index contributed by atoms with van der Waals surface area (Å²) >= 11 is 0. The van der Waals surface area contributed by atoms with Gasteiger partial charge in [-0.25, -0.2) is 33.7 Å². The fourth-order valence-electron chi connectivity index (χ4n) is 0.427. The second kappa shape index (κ2) is 9.72. The molecular formula is C4CuF12N2O8S4. The Labute approximate surface area is 174 Å². The SMILES string of the molecule is O=S(=O)([N-]S(=O)(=O)C(F)(F)F)C(F)(F)F.O=S(=O)([N-]S(=O)(=O)C(F)(F)F)C(F)(F)F.[Cu+2]. The molecule has 0 saturated carbocycles. The van der Waals surface area contributed by atoms with E-state index in [1.165, 1.54) is 0 Å². The third-order valence-electron chi connectivity index (χ3n) is 1.56. The van der Waals surface area contributed by atoms with Crippen LogP contribution in [0, 0.1) is 0 Å². The smallest absolute Gasteiger partial charge is 0.421 e. The fourth-order valence-corrected chi connectivity index (χ4v) is 3.85. The minimum atomic E-state index is -6.72. The minimum absolute atomic E-state index is 0. The van der Waals surface area contributed by atoms with E-state index in [4.69, 9.17) is 0 Å². The summed E-state index contributed by atoms with van der Waals surface area (Å²) in [6.07, 6.45) is 0.